The molecule has 0 heterocycles. The van der Waals surface area contributed by atoms with E-state index < -0.39 is 0 Å². The monoisotopic (exact) mass is 218 g/mol. The minimum atomic E-state index is 0.625. The van der Waals surface area contributed by atoms with Gasteiger partial charge in [-0.1, -0.05) is 53.5 Å². The average Bonchev–Trinajstić information content (AvgIpc) is 2.16. The first-order valence-corrected chi connectivity index (χ1v) is 5.25. The van der Waals surface area contributed by atoms with Gasteiger partial charge in [0, 0.05) is 11.3 Å². The van der Waals surface area contributed by atoms with Crippen LogP contribution in [-0.4, -0.2) is 0 Å². The van der Waals surface area contributed by atoms with E-state index in [1.54, 1.807) is 0 Å². The molecule has 1 aromatic rings. The van der Waals surface area contributed by atoms with E-state index >= 15 is 0 Å². The van der Waals surface area contributed by atoms with Crippen molar-refractivity contribution in [2.45, 2.75) is 5.75 Å². The number of thioether (sulfide) groups is 1. The molecule has 0 saturated heterocycles. The molecule has 0 saturated carbocycles. The third-order valence-corrected chi connectivity index (χ3v) is 3.07. The largest absolute Gasteiger partial charge is 0.108 e. The van der Waals surface area contributed by atoms with Crippen molar-refractivity contribution in [3.8, 4) is 0 Å². The normalized spacial score (nSPS) is 11.7. The van der Waals surface area contributed by atoms with Gasteiger partial charge in [-0.2, -0.15) is 0 Å². The van der Waals surface area contributed by atoms with Crippen LogP contribution in [0.15, 0.2) is 40.2 Å². The maximum Gasteiger partial charge on any atom is 0.0851 e. The highest BCUT2D eigenvalue weighted by atomic mass is 35.5. The van der Waals surface area contributed by atoms with E-state index in [-0.39, 0.29) is 0 Å². The van der Waals surface area contributed by atoms with Gasteiger partial charge in [0.15, 0.2) is 0 Å². The van der Waals surface area contributed by atoms with Crippen LogP contribution < -0.4 is 0 Å². The van der Waals surface area contributed by atoms with Crippen molar-refractivity contribution >= 4 is 35.0 Å². The van der Waals surface area contributed by atoms with E-state index in [1.807, 2.05) is 18.2 Å². The summed E-state index contributed by atoms with van der Waals surface area (Å²) in [7, 11) is 0. The predicted octanol–water partition coefficient (Wildman–Crippen LogP) is 4.20. The van der Waals surface area contributed by atoms with E-state index in [4.69, 9.17) is 23.2 Å². The van der Waals surface area contributed by atoms with Crippen molar-refractivity contribution in [1.82, 2.24) is 0 Å². The zero-order valence-corrected chi connectivity index (χ0v) is 8.66. The maximum absolute atomic E-state index is 5.71. The Bertz CT molecular complexity index is 256. The van der Waals surface area contributed by atoms with Crippen LogP contribution in [0.5, 0.6) is 0 Å². The minimum Gasteiger partial charge on any atom is -0.108 e. The molecule has 0 radical (unpaired) electrons. The lowest BCUT2D eigenvalue weighted by molar-refractivity contribution is 1.42. The van der Waals surface area contributed by atoms with Crippen molar-refractivity contribution in [3.63, 3.8) is 0 Å². The molecular formula is C9H8Cl2S. The number of benzene rings is 1. The molecule has 0 bridgehead atoms. The van der Waals surface area contributed by atoms with Gasteiger partial charge >= 0.3 is 0 Å². The number of hydrogen-bond acceptors (Lipinski definition) is 1. The highest BCUT2D eigenvalue weighted by molar-refractivity contribution is 8.03. The summed E-state index contributed by atoms with van der Waals surface area (Å²) in [5.74, 6) is 0.864. The lowest BCUT2D eigenvalue weighted by atomic mass is 10.2. The number of halogens is 2. The van der Waals surface area contributed by atoms with Crippen LogP contribution in [0, 0.1) is 0 Å². The molecule has 0 nitrogen and oxygen atoms in total. The summed E-state index contributed by atoms with van der Waals surface area (Å²) in [6, 6.07) is 10.1. The molecule has 0 fully saturated rings. The Morgan fingerprint density at radius 1 is 1.33 bits per heavy atom. The van der Waals surface area contributed by atoms with Crippen molar-refractivity contribution < 1.29 is 0 Å². The van der Waals surface area contributed by atoms with E-state index in [0.29, 0.717) is 4.36 Å². The Balaban J connectivity index is 2.44. The summed E-state index contributed by atoms with van der Waals surface area (Å²) >= 11 is 12.6. The van der Waals surface area contributed by atoms with Gasteiger partial charge < -0.3 is 0 Å². The second-order valence-electron chi connectivity index (χ2n) is 2.19. The Hall–Kier alpha value is -0.110. The Kier molecular flexibility index (Phi) is 4.59. The smallest absolute Gasteiger partial charge is 0.0851 e. The lowest BCUT2D eigenvalue weighted by Gasteiger charge is -1.98. The summed E-state index contributed by atoms with van der Waals surface area (Å²) in [6.45, 7) is 0. The summed E-state index contributed by atoms with van der Waals surface area (Å²) in [4.78, 5) is 0. The first-order chi connectivity index (χ1) is 5.83. The van der Waals surface area contributed by atoms with Crippen molar-refractivity contribution in [1.29, 1.82) is 0 Å². The summed E-state index contributed by atoms with van der Waals surface area (Å²) in [6.07, 6.45) is 0. The van der Waals surface area contributed by atoms with Crippen LogP contribution in [0.2, 0.25) is 0 Å². The van der Waals surface area contributed by atoms with Crippen LogP contribution >= 0.6 is 35.0 Å². The number of hydrogen-bond donors (Lipinski definition) is 0. The third-order valence-electron chi connectivity index (χ3n) is 1.31. The Labute approximate surface area is 86.6 Å². The van der Waals surface area contributed by atoms with E-state index in [2.05, 4.69) is 12.1 Å². The molecule has 0 atom stereocenters. The van der Waals surface area contributed by atoms with Gasteiger partial charge in [0.25, 0.3) is 0 Å². The molecule has 0 spiro atoms. The fourth-order valence-corrected chi connectivity index (χ4v) is 1.67. The lowest BCUT2D eigenvalue weighted by Crippen LogP contribution is -1.76. The van der Waals surface area contributed by atoms with Crippen molar-refractivity contribution in [3.05, 3.63) is 45.8 Å². The van der Waals surface area contributed by atoms with Crippen molar-refractivity contribution in [2.75, 3.05) is 0 Å². The van der Waals surface area contributed by atoms with Crippen LogP contribution in [0.1, 0.15) is 5.56 Å². The molecule has 0 aliphatic heterocycles. The molecule has 1 aromatic carbocycles. The van der Waals surface area contributed by atoms with Gasteiger partial charge in [0.05, 0.1) is 4.36 Å². The first-order valence-electron chi connectivity index (χ1n) is 3.45. The minimum absolute atomic E-state index is 0.625. The quantitative estimate of drug-likeness (QED) is 0.734. The fourth-order valence-electron chi connectivity index (χ4n) is 0.758. The van der Waals surface area contributed by atoms with E-state index in [0.717, 1.165) is 5.75 Å². The molecular weight excluding hydrogens is 211 g/mol. The molecule has 64 valence electrons. The number of rotatable bonds is 3. The van der Waals surface area contributed by atoms with E-state index in [1.165, 1.54) is 22.9 Å². The summed E-state index contributed by atoms with van der Waals surface area (Å²) < 4.78 is 0.625. The topological polar surface area (TPSA) is 0 Å². The second-order valence-corrected chi connectivity index (χ2v) is 4.05. The van der Waals surface area contributed by atoms with Gasteiger partial charge in [-0.25, -0.2) is 0 Å². The molecule has 0 aliphatic rings. The van der Waals surface area contributed by atoms with Crippen LogP contribution in [0.4, 0.5) is 0 Å². The standard InChI is InChI=1S/C9H8Cl2S/c10-6-9(11)12-7-8-4-2-1-3-5-8/h1-6H,7H2/b9-6-. The van der Waals surface area contributed by atoms with Gasteiger partial charge in [0.1, 0.15) is 0 Å². The molecule has 3 heteroatoms. The first kappa shape index (κ1) is 9.97. The molecule has 0 aromatic heterocycles. The molecule has 0 aliphatic carbocycles. The molecule has 12 heavy (non-hydrogen) atoms. The van der Waals surface area contributed by atoms with E-state index in [9.17, 15) is 0 Å². The summed E-state index contributed by atoms with van der Waals surface area (Å²) in [5.41, 5.74) is 2.63. The summed E-state index contributed by atoms with van der Waals surface area (Å²) in [5, 5.41) is 0. The van der Waals surface area contributed by atoms with Gasteiger partial charge in [-0.15, -0.1) is 11.8 Å². The maximum atomic E-state index is 5.71. The molecule has 0 N–H and O–H groups in total. The average molecular weight is 219 g/mol. The van der Waals surface area contributed by atoms with Crippen LogP contribution in [0.25, 0.3) is 0 Å². The highest BCUT2D eigenvalue weighted by Crippen LogP contribution is 2.24. The van der Waals surface area contributed by atoms with Crippen LogP contribution in [0.3, 0.4) is 0 Å². The van der Waals surface area contributed by atoms with Gasteiger partial charge in [0.2, 0.25) is 0 Å². The fraction of sp³-hybridized carbons (Fsp3) is 0.111. The van der Waals surface area contributed by atoms with Crippen molar-refractivity contribution in [2.24, 2.45) is 0 Å². The molecule has 1 rings (SSSR count). The van der Waals surface area contributed by atoms with Gasteiger partial charge in [-0.05, 0) is 5.56 Å². The zero-order chi connectivity index (χ0) is 8.81. The third kappa shape index (κ3) is 3.53. The highest BCUT2D eigenvalue weighted by Gasteiger charge is 1.94. The van der Waals surface area contributed by atoms with Gasteiger partial charge in [-0.3, -0.25) is 0 Å². The Morgan fingerprint density at radius 3 is 2.58 bits per heavy atom. The molecule has 0 amide bonds. The molecule has 0 unspecified atom stereocenters. The van der Waals surface area contributed by atoms with Crippen LogP contribution in [-0.2, 0) is 5.75 Å². The Morgan fingerprint density at radius 2 is 2.00 bits per heavy atom. The predicted molar refractivity (Wildman–Crippen MR) is 57.5 cm³/mol. The zero-order valence-electron chi connectivity index (χ0n) is 6.34. The SMILES string of the molecule is Cl/C=C(/Cl)SCc1ccccc1. The second kappa shape index (κ2) is 5.52.